The summed E-state index contributed by atoms with van der Waals surface area (Å²) < 4.78 is 0. The zero-order chi connectivity index (χ0) is 21.1. The number of benzene rings is 1. The van der Waals surface area contributed by atoms with Crippen LogP contribution in [-0.2, 0) is 5.41 Å². The third-order valence-electron chi connectivity index (χ3n) is 5.86. The van der Waals surface area contributed by atoms with E-state index in [0.717, 1.165) is 40.9 Å². The predicted octanol–water partition coefficient (Wildman–Crippen LogP) is 5.45. The van der Waals surface area contributed by atoms with Crippen LogP contribution in [0.3, 0.4) is 0 Å². The van der Waals surface area contributed by atoms with Crippen LogP contribution in [-0.4, -0.2) is 20.2 Å². The summed E-state index contributed by atoms with van der Waals surface area (Å²) in [5, 5.41) is 7.90. The van der Waals surface area contributed by atoms with Gasteiger partial charge in [-0.3, -0.25) is 5.10 Å². The molecule has 0 aliphatic heterocycles. The third kappa shape index (κ3) is 3.71. The maximum absolute atomic E-state index is 5.60. The van der Waals surface area contributed by atoms with Crippen molar-refractivity contribution in [3.8, 4) is 11.1 Å². The molecule has 1 aromatic carbocycles. The van der Waals surface area contributed by atoms with Crippen molar-refractivity contribution in [2.75, 3.05) is 5.73 Å². The van der Waals surface area contributed by atoms with Crippen molar-refractivity contribution in [2.45, 2.75) is 38.5 Å². The summed E-state index contributed by atoms with van der Waals surface area (Å²) in [5.74, 6) is 0.288. The molecule has 3 N–H and O–H groups in total. The minimum absolute atomic E-state index is 0.00973. The molecule has 1 aliphatic rings. The molecule has 1 aliphatic carbocycles. The average molecular weight is 398 g/mol. The Bertz CT molecular complexity index is 1090. The van der Waals surface area contributed by atoms with E-state index >= 15 is 0 Å². The number of hydrogen-bond donors (Lipinski definition) is 2. The molecule has 0 bridgehead atoms. The largest absolute Gasteiger partial charge is 0.368 e. The number of aromatic nitrogens is 4. The summed E-state index contributed by atoms with van der Waals surface area (Å²) in [5.41, 5.74) is 13.3. The van der Waals surface area contributed by atoms with E-state index in [4.69, 9.17) is 5.73 Å². The number of aromatic amines is 1. The third-order valence-corrected chi connectivity index (χ3v) is 5.86. The van der Waals surface area contributed by atoms with Crippen LogP contribution >= 0.6 is 0 Å². The van der Waals surface area contributed by atoms with Gasteiger partial charge in [0, 0.05) is 34.6 Å². The smallest absolute Gasteiger partial charge is 0.219 e. The van der Waals surface area contributed by atoms with Gasteiger partial charge in [0.15, 0.2) is 0 Å². The van der Waals surface area contributed by atoms with E-state index in [0.29, 0.717) is 0 Å². The van der Waals surface area contributed by atoms with E-state index in [-0.39, 0.29) is 11.4 Å². The lowest BCUT2D eigenvalue weighted by molar-refractivity contribution is 0.293. The van der Waals surface area contributed by atoms with Crippen molar-refractivity contribution in [1.29, 1.82) is 0 Å². The summed E-state index contributed by atoms with van der Waals surface area (Å²) >= 11 is 0. The molecule has 0 atom stereocenters. The maximum Gasteiger partial charge on any atom is 0.219 e. The van der Waals surface area contributed by atoms with E-state index < -0.39 is 0 Å². The summed E-state index contributed by atoms with van der Waals surface area (Å²) in [6.07, 6.45) is 13.0. The van der Waals surface area contributed by atoms with E-state index in [9.17, 15) is 0 Å². The molecule has 0 spiro atoms. The lowest BCUT2D eigenvalue weighted by atomic mass is 9.62. The number of nitrogens with one attached hydrogen (secondary N) is 1. The molecule has 0 amide bonds. The summed E-state index contributed by atoms with van der Waals surface area (Å²) in [4.78, 5) is 8.18. The Morgan fingerprint density at radius 2 is 1.77 bits per heavy atom. The molecular formula is C25H27N5. The maximum atomic E-state index is 5.60. The molecule has 2 aromatic heterocycles. The molecule has 1 saturated carbocycles. The second kappa shape index (κ2) is 8.11. The lowest BCUT2D eigenvalue weighted by Crippen LogP contribution is -2.35. The van der Waals surface area contributed by atoms with Crippen molar-refractivity contribution < 1.29 is 0 Å². The normalized spacial score (nSPS) is 15.3. The van der Waals surface area contributed by atoms with Gasteiger partial charge in [0.05, 0.1) is 5.69 Å². The Hall–Kier alpha value is -3.47. The molecule has 2 heterocycles. The Morgan fingerprint density at radius 1 is 1.07 bits per heavy atom. The van der Waals surface area contributed by atoms with Gasteiger partial charge in [0.25, 0.3) is 0 Å². The Balaban J connectivity index is 1.64. The molecule has 3 aromatic rings. The highest BCUT2D eigenvalue weighted by Crippen LogP contribution is 2.48. The quantitative estimate of drug-likeness (QED) is 0.542. The minimum Gasteiger partial charge on any atom is -0.368 e. The van der Waals surface area contributed by atoms with E-state index in [1.54, 1.807) is 12.4 Å². The molecule has 30 heavy (non-hydrogen) atoms. The van der Waals surface area contributed by atoms with Crippen LogP contribution in [0.2, 0.25) is 0 Å². The van der Waals surface area contributed by atoms with Gasteiger partial charge in [-0.25, -0.2) is 9.97 Å². The van der Waals surface area contributed by atoms with Gasteiger partial charge in [0.1, 0.15) is 0 Å². The Morgan fingerprint density at radius 3 is 2.33 bits per heavy atom. The van der Waals surface area contributed by atoms with Gasteiger partial charge in [-0.1, -0.05) is 61.1 Å². The van der Waals surface area contributed by atoms with Gasteiger partial charge in [0.2, 0.25) is 5.95 Å². The first kappa shape index (κ1) is 19.8. The molecule has 5 nitrogen and oxygen atoms in total. The van der Waals surface area contributed by atoms with Crippen molar-refractivity contribution >= 4 is 11.5 Å². The highest BCUT2D eigenvalue weighted by molar-refractivity contribution is 5.73. The summed E-state index contributed by atoms with van der Waals surface area (Å²) in [6.45, 7) is 8.11. The van der Waals surface area contributed by atoms with Crippen molar-refractivity contribution in [3.05, 3.63) is 90.1 Å². The lowest BCUT2D eigenvalue weighted by Gasteiger charge is -2.41. The standard InChI is InChI=1S/C25H27N5/c1-4-18(7-6-17(2)3)22-14-23(30-29-22)25(12-5-13-25)21-10-8-19(9-11-21)20-15-27-24(26)28-16-20/h4,6-11,14-16H,1,5,12-13H2,2-3H3,(H,29,30)(H2,26,27,28)/b18-7+. The van der Waals surface area contributed by atoms with Crippen LogP contribution < -0.4 is 5.73 Å². The molecule has 0 unspecified atom stereocenters. The topological polar surface area (TPSA) is 80.5 Å². The number of nitrogens with two attached hydrogens (primary N) is 1. The number of nitrogens with zero attached hydrogens (tertiary/aromatic N) is 3. The fourth-order valence-electron chi connectivity index (χ4n) is 3.94. The fraction of sp³-hybridized carbons (Fsp3) is 0.240. The first-order valence-electron chi connectivity index (χ1n) is 10.2. The Kier molecular flexibility index (Phi) is 5.36. The second-order valence-electron chi connectivity index (χ2n) is 8.08. The summed E-state index contributed by atoms with van der Waals surface area (Å²) in [6, 6.07) is 10.8. The zero-order valence-electron chi connectivity index (χ0n) is 17.5. The SMILES string of the molecule is C=C/C(=C\C=C(C)C)c1cc(C2(c3ccc(-c4cnc(N)nc4)cc3)CCC2)[nH]n1. The van der Waals surface area contributed by atoms with E-state index in [1.165, 1.54) is 17.6 Å². The van der Waals surface area contributed by atoms with Crippen LogP contribution in [0.5, 0.6) is 0 Å². The average Bonchev–Trinajstić information content (AvgIpc) is 3.19. The highest BCUT2D eigenvalue weighted by atomic mass is 15.1. The van der Waals surface area contributed by atoms with E-state index in [2.05, 4.69) is 83.1 Å². The number of hydrogen-bond acceptors (Lipinski definition) is 4. The first-order valence-corrected chi connectivity index (χ1v) is 10.2. The Labute approximate surface area is 177 Å². The highest BCUT2D eigenvalue weighted by Gasteiger charge is 2.41. The number of rotatable bonds is 6. The molecular weight excluding hydrogens is 370 g/mol. The van der Waals surface area contributed by atoms with Crippen LogP contribution in [0.15, 0.2) is 73.1 Å². The van der Waals surface area contributed by atoms with E-state index in [1.807, 2.05) is 6.08 Å². The number of allylic oxidation sites excluding steroid dienone is 5. The van der Waals surface area contributed by atoms with Gasteiger partial charge in [-0.15, -0.1) is 0 Å². The van der Waals surface area contributed by atoms with Gasteiger partial charge < -0.3 is 5.73 Å². The molecule has 152 valence electrons. The zero-order valence-corrected chi connectivity index (χ0v) is 17.5. The number of H-pyrrole nitrogens is 1. The summed E-state index contributed by atoms with van der Waals surface area (Å²) in [7, 11) is 0. The van der Waals surface area contributed by atoms with Gasteiger partial charge in [-0.05, 0) is 43.9 Å². The predicted molar refractivity (Wildman–Crippen MR) is 123 cm³/mol. The fourth-order valence-corrected chi connectivity index (χ4v) is 3.94. The van der Waals surface area contributed by atoms with Crippen LogP contribution in [0, 0.1) is 0 Å². The molecule has 1 fully saturated rings. The van der Waals surface area contributed by atoms with Crippen molar-refractivity contribution in [3.63, 3.8) is 0 Å². The van der Waals surface area contributed by atoms with Crippen LogP contribution in [0.1, 0.15) is 50.1 Å². The minimum atomic E-state index is -0.00973. The van der Waals surface area contributed by atoms with Gasteiger partial charge >= 0.3 is 0 Å². The molecule has 0 saturated heterocycles. The molecule has 4 rings (SSSR count). The number of nitrogen functional groups attached to an aromatic ring is 1. The van der Waals surface area contributed by atoms with Crippen molar-refractivity contribution in [2.24, 2.45) is 0 Å². The monoisotopic (exact) mass is 397 g/mol. The second-order valence-corrected chi connectivity index (χ2v) is 8.08. The van der Waals surface area contributed by atoms with Crippen LogP contribution in [0.25, 0.3) is 16.7 Å². The van der Waals surface area contributed by atoms with Crippen LogP contribution in [0.4, 0.5) is 5.95 Å². The first-order chi connectivity index (χ1) is 14.5. The van der Waals surface area contributed by atoms with Gasteiger partial charge in [-0.2, -0.15) is 5.10 Å². The number of anilines is 1. The molecule has 5 heteroatoms. The molecule has 0 radical (unpaired) electrons. The van der Waals surface area contributed by atoms with Crippen molar-refractivity contribution in [1.82, 2.24) is 20.2 Å².